The van der Waals surface area contributed by atoms with Gasteiger partial charge in [0.2, 0.25) is 3.79 Å². The molecule has 0 fully saturated rings. The highest BCUT2D eigenvalue weighted by Gasteiger charge is 2.27. The molecule has 0 aliphatic rings. The van der Waals surface area contributed by atoms with Gasteiger partial charge in [-0.05, 0) is 6.42 Å². The van der Waals surface area contributed by atoms with Crippen LogP contribution in [0.15, 0.2) is 6.20 Å². The summed E-state index contributed by atoms with van der Waals surface area (Å²) < 4.78 is -1.61. The molecule has 78 valence electrons. The number of hydrogen-bond acceptors (Lipinski definition) is 3. The first-order valence-electron chi connectivity index (χ1n) is 4.02. The van der Waals surface area contributed by atoms with Crippen LogP contribution in [-0.2, 0) is 16.8 Å². The van der Waals surface area contributed by atoms with E-state index in [1.54, 1.807) is 0 Å². The van der Waals surface area contributed by atoms with Crippen molar-refractivity contribution in [1.29, 1.82) is 0 Å². The Bertz CT molecular complexity index is 325. The van der Waals surface area contributed by atoms with Crippen LogP contribution in [0.5, 0.6) is 0 Å². The Kier molecular flexibility index (Phi) is 3.95. The van der Waals surface area contributed by atoms with Crippen molar-refractivity contribution in [1.82, 2.24) is 9.97 Å². The zero-order chi connectivity index (χ0) is 10.8. The lowest BCUT2D eigenvalue weighted by molar-refractivity contribution is 0.279. The number of aryl methyl sites for hydroxylation is 1. The predicted molar refractivity (Wildman–Crippen MR) is 56.6 cm³/mol. The number of aromatic nitrogens is 2. The van der Waals surface area contributed by atoms with E-state index in [1.807, 2.05) is 6.92 Å². The van der Waals surface area contributed by atoms with Crippen LogP contribution in [0.2, 0.25) is 0 Å². The second-order valence-electron chi connectivity index (χ2n) is 2.67. The van der Waals surface area contributed by atoms with E-state index in [2.05, 4.69) is 9.97 Å². The molecule has 0 bridgehead atoms. The largest absolute Gasteiger partial charge is 0.392 e. The summed E-state index contributed by atoms with van der Waals surface area (Å²) in [6.07, 6.45) is 2.13. The second-order valence-corrected chi connectivity index (χ2v) is 4.96. The summed E-state index contributed by atoms with van der Waals surface area (Å²) in [5.74, 6) is 0.136. The number of alkyl halides is 3. The van der Waals surface area contributed by atoms with Gasteiger partial charge in [-0.2, -0.15) is 0 Å². The smallest absolute Gasteiger partial charge is 0.250 e. The van der Waals surface area contributed by atoms with Gasteiger partial charge in [-0.25, -0.2) is 9.97 Å². The average molecular weight is 256 g/mol. The van der Waals surface area contributed by atoms with Crippen LogP contribution >= 0.6 is 34.8 Å². The fourth-order valence-electron chi connectivity index (χ4n) is 1.02. The van der Waals surface area contributed by atoms with Crippen molar-refractivity contribution in [2.75, 3.05) is 0 Å². The number of nitrogens with zero attached hydrogens (tertiary/aromatic N) is 2. The number of aliphatic hydroxyl groups is 1. The maximum atomic E-state index is 8.96. The second kappa shape index (κ2) is 4.62. The molecule has 0 saturated heterocycles. The van der Waals surface area contributed by atoms with Crippen molar-refractivity contribution >= 4 is 34.8 Å². The van der Waals surface area contributed by atoms with Crippen molar-refractivity contribution in [3.8, 4) is 0 Å². The molecule has 0 radical (unpaired) electrons. The Labute approximate surface area is 97.0 Å². The molecule has 14 heavy (non-hydrogen) atoms. The predicted octanol–water partition coefficient (Wildman–Crippen LogP) is 2.36. The molecule has 1 aromatic heterocycles. The molecule has 0 aliphatic carbocycles. The molecule has 1 N–H and O–H groups in total. The third-order valence-corrected chi connectivity index (χ3v) is 2.22. The third kappa shape index (κ3) is 2.70. The molecular weight excluding hydrogens is 246 g/mol. The van der Waals surface area contributed by atoms with Crippen LogP contribution in [0.25, 0.3) is 0 Å². The molecule has 3 nitrogen and oxygen atoms in total. The Morgan fingerprint density at radius 2 is 2.07 bits per heavy atom. The van der Waals surface area contributed by atoms with E-state index < -0.39 is 3.79 Å². The van der Waals surface area contributed by atoms with Crippen molar-refractivity contribution in [2.24, 2.45) is 0 Å². The fraction of sp³-hybridized carbons (Fsp3) is 0.500. The maximum absolute atomic E-state index is 8.96. The molecule has 0 aromatic carbocycles. The zero-order valence-electron chi connectivity index (χ0n) is 7.47. The molecule has 6 heteroatoms. The Morgan fingerprint density at radius 3 is 2.50 bits per heavy atom. The molecule has 1 aromatic rings. The number of aliphatic hydroxyl groups excluding tert-OH is 1. The quantitative estimate of drug-likeness (QED) is 0.825. The van der Waals surface area contributed by atoms with Crippen LogP contribution in [0, 0.1) is 0 Å². The van der Waals surface area contributed by atoms with Crippen LogP contribution in [0.3, 0.4) is 0 Å². The SMILES string of the molecule is CCc1nc(C(Cl)(Cl)Cl)ncc1CO. The van der Waals surface area contributed by atoms with E-state index in [-0.39, 0.29) is 12.4 Å². The van der Waals surface area contributed by atoms with Gasteiger partial charge in [-0.15, -0.1) is 0 Å². The topological polar surface area (TPSA) is 46.0 Å². The molecule has 1 heterocycles. The van der Waals surface area contributed by atoms with E-state index in [9.17, 15) is 0 Å². The number of hydrogen-bond donors (Lipinski definition) is 1. The highest BCUT2D eigenvalue weighted by atomic mass is 35.6. The summed E-state index contributed by atoms with van der Waals surface area (Å²) >= 11 is 16.9. The van der Waals surface area contributed by atoms with Gasteiger partial charge in [0.25, 0.3) is 0 Å². The van der Waals surface area contributed by atoms with Gasteiger partial charge in [0, 0.05) is 17.5 Å². The van der Waals surface area contributed by atoms with E-state index in [0.717, 1.165) is 0 Å². The summed E-state index contributed by atoms with van der Waals surface area (Å²) in [6, 6.07) is 0. The minimum Gasteiger partial charge on any atom is -0.392 e. The molecule has 1 rings (SSSR count). The number of halogens is 3. The van der Waals surface area contributed by atoms with Crippen molar-refractivity contribution in [2.45, 2.75) is 23.7 Å². The van der Waals surface area contributed by atoms with E-state index in [1.165, 1.54) is 6.20 Å². The minimum absolute atomic E-state index is 0.108. The monoisotopic (exact) mass is 254 g/mol. The summed E-state index contributed by atoms with van der Waals surface area (Å²) in [4.78, 5) is 7.93. The van der Waals surface area contributed by atoms with E-state index in [0.29, 0.717) is 17.7 Å². The van der Waals surface area contributed by atoms with Gasteiger partial charge < -0.3 is 5.11 Å². The first-order chi connectivity index (χ1) is 6.49. The third-order valence-electron chi connectivity index (χ3n) is 1.71. The zero-order valence-corrected chi connectivity index (χ0v) is 9.73. The van der Waals surface area contributed by atoms with Gasteiger partial charge in [-0.1, -0.05) is 41.7 Å². The first kappa shape index (κ1) is 12.0. The lowest BCUT2D eigenvalue weighted by Gasteiger charge is -2.11. The average Bonchev–Trinajstić information content (AvgIpc) is 2.15. The Morgan fingerprint density at radius 1 is 1.43 bits per heavy atom. The summed E-state index contributed by atoms with van der Waals surface area (Å²) in [7, 11) is 0. The van der Waals surface area contributed by atoms with Crippen molar-refractivity contribution in [3.05, 3.63) is 23.3 Å². The maximum Gasteiger partial charge on any atom is 0.250 e. The highest BCUT2D eigenvalue weighted by molar-refractivity contribution is 6.66. The first-order valence-corrected chi connectivity index (χ1v) is 5.15. The molecule has 0 atom stereocenters. The molecular formula is C8H9Cl3N2O. The standard InChI is InChI=1S/C8H9Cl3N2O/c1-2-6-5(4-14)3-12-7(13-6)8(9,10)11/h3,14H,2,4H2,1H3. The van der Waals surface area contributed by atoms with Gasteiger partial charge in [0.15, 0.2) is 5.82 Å². The minimum atomic E-state index is -1.61. The summed E-state index contributed by atoms with van der Waals surface area (Å²) in [6.45, 7) is 1.80. The summed E-state index contributed by atoms with van der Waals surface area (Å²) in [5.41, 5.74) is 1.36. The van der Waals surface area contributed by atoms with E-state index in [4.69, 9.17) is 39.9 Å². The Balaban J connectivity index is 3.14. The van der Waals surface area contributed by atoms with Gasteiger partial charge in [0.05, 0.1) is 6.61 Å². The van der Waals surface area contributed by atoms with Crippen molar-refractivity contribution < 1.29 is 5.11 Å². The number of rotatable bonds is 2. The van der Waals surface area contributed by atoms with Gasteiger partial charge >= 0.3 is 0 Å². The van der Waals surface area contributed by atoms with Gasteiger partial charge in [0.1, 0.15) is 0 Å². The fourth-order valence-corrected chi connectivity index (χ4v) is 1.29. The van der Waals surface area contributed by atoms with E-state index >= 15 is 0 Å². The highest BCUT2D eigenvalue weighted by Crippen LogP contribution is 2.35. The van der Waals surface area contributed by atoms with Crippen LogP contribution in [-0.4, -0.2) is 15.1 Å². The van der Waals surface area contributed by atoms with Gasteiger partial charge in [-0.3, -0.25) is 0 Å². The normalized spacial score (nSPS) is 11.8. The molecule has 0 spiro atoms. The van der Waals surface area contributed by atoms with Crippen LogP contribution in [0.4, 0.5) is 0 Å². The Hall–Kier alpha value is -0.0900. The molecule has 0 aliphatic heterocycles. The molecule has 0 saturated carbocycles. The molecule has 0 unspecified atom stereocenters. The van der Waals surface area contributed by atoms with Crippen LogP contribution in [0.1, 0.15) is 24.0 Å². The van der Waals surface area contributed by atoms with Crippen molar-refractivity contribution in [3.63, 3.8) is 0 Å². The summed E-state index contributed by atoms with van der Waals surface area (Å²) in [5, 5.41) is 8.96. The lowest BCUT2D eigenvalue weighted by atomic mass is 10.2. The molecule has 0 amide bonds. The van der Waals surface area contributed by atoms with Crippen LogP contribution < -0.4 is 0 Å². The lowest BCUT2D eigenvalue weighted by Crippen LogP contribution is -2.10.